The summed E-state index contributed by atoms with van der Waals surface area (Å²) in [6.07, 6.45) is 0. The molecule has 1 N–H and O–H groups in total. The van der Waals surface area contributed by atoms with E-state index in [2.05, 4.69) is 29.6 Å². The molecule has 3 aromatic carbocycles. The summed E-state index contributed by atoms with van der Waals surface area (Å²) in [5.74, 6) is 1.03. The normalized spacial score (nSPS) is 10.5. The maximum atomic E-state index is 12.8. The molecule has 3 rings (SSSR count). The minimum absolute atomic E-state index is 0.0700. The molecule has 0 aliphatic rings. The molecule has 0 atom stereocenters. The van der Waals surface area contributed by atoms with Crippen LogP contribution in [0.2, 0.25) is 0 Å². The van der Waals surface area contributed by atoms with Crippen LogP contribution in [0.4, 0.5) is 0 Å². The van der Waals surface area contributed by atoms with E-state index in [0.717, 1.165) is 11.1 Å². The zero-order valence-corrected chi connectivity index (χ0v) is 15.5. The van der Waals surface area contributed by atoms with Gasteiger partial charge < -0.3 is 14.8 Å². The molecule has 0 spiro atoms. The highest BCUT2D eigenvalue weighted by Crippen LogP contribution is 2.26. The topological polar surface area (TPSA) is 47.6 Å². The van der Waals surface area contributed by atoms with Gasteiger partial charge in [0, 0.05) is 18.5 Å². The number of hydrogen-bond acceptors (Lipinski definition) is 3. The van der Waals surface area contributed by atoms with Gasteiger partial charge in [0.2, 0.25) is 0 Å². The molecule has 0 radical (unpaired) electrons. The standard InChI is InChI=1S/C23H23NO3/c1-26-19-13-14-20(22(15-19)27-2)23(25)24-16-21(17-9-5-3-6-10-17)18-11-7-4-8-12-18/h3-15,21H,16H2,1-2H3,(H,24,25). The van der Waals surface area contributed by atoms with Gasteiger partial charge in [0.1, 0.15) is 11.5 Å². The van der Waals surface area contributed by atoms with Crippen molar-refractivity contribution < 1.29 is 14.3 Å². The number of benzene rings is 3. The van der Waals surface area contributed by atoms with Crippen molar-refractivity contribution in [2.45, 2.75) is 5.92 Å². The highest BCUT2D eigenvalue weighted by Gasteiger charge is 2.18. The number of nitrogens with one attached hydrogen (secondary N) is 1. The van der Waals surface area contributed by atoms with E-state index in [1.165, 1.54) is 0 Å². The van der Waals surface area contributed by atoms with E-state index in [0.29, 0.717) is 23.6 Å². The maximum absolute atomic E-state index is 12.8. The molecule has 0 heterocycles. The third kappa shape index (κ3) is 4.47. The lowest BCUT2D eigenvalue weighted by Gasteiger charge is -2.19. The van der Waals surface area contributed by atoms with Gasteiger partial charge in [0.25, 0.3) is 5.91 Å². The molecule has 3 aromatic rings. The Hall–Kier alpha value is -3.27. The summed E-state index contributed by atoms with van der Waals surface area (Å²) in [6.45, 7) is 0.488. The van der Waals surface area contributed by atoms with Gasteiger partial charge in [0.05, 0.1) is 19.8 Å². The maximum Gasteiger partial charge on any atom is 0.255 e. The monoisotopic (exact) mass is 361 g/mol. The lowest BCUT2D eigenvalue weighted by atomic mass is 9.91. The smallest absolute Gasteiger partial charge is 0.255 e. The summed E-state index contributed by atoms with van der Waals surface area (Å²) in [5.41, 5.74) is 2.80. The Labute approximate surface area is 159 Å². The molecular formula is C23H23NO3. The number of carbonyl (C=O) groups is 1. The molecule has 27 heavy (non-hydrogen) atoms. The molecule has 0 aliphatic carbocycles. The fraction of sp³-hybridized carbons (Fsp3) is 0.174. The van der Waals surface area contributed by atoms with Gasteiger partial charge in [-0.2, -0.15) is 0 Å². The third-order valence-electron chi connectivity index (χ3n) is 4.52. The minimum atomic E-state index is -0.175. The van der Waals surface area contributed by atoms with Crippen LogP contribution in [-0.2, 0) is 0 Å². The SMILES string of the molecule is COc1ccc(C(=O)NCC(c2ccccc2)c2ccccc2)c(OC)c1. The lowest BCUT2D eigenvalue weighted by molar-refractivity contribution is 0.0949. The number of ether oxygens (including phenoxy) is 2. The summed E-state index contributed by atoms with van der Waals surface area (Å²) in [6, 6.07) is 25.5. The van der Waals surface area contributed by atoms with Crippen LogP contribution in [0.3, 0.4) is 0 Å². The predicted molar refractivity (Wildman–Crippen MR) is 107 cm³/mol. The first-order valence-corrected chi connectivity index (χ1v) is 8.83. The molecule has 0 aromatic heterocycles. The van der Waals surface area contributed by atoms with Crippen LogP contribution in [-0.4, -0.2) is 26.7 Å². The van der Waals surface area contributed by atoms with E-state index in [9.17, 15) is 4.79 Å². The zero-order valence-electron chi connectivity index (χ0n) is 15.5. The summed E-state index contributed by atoms with van der Waals surface area (Å²) in [4.78, 5) is 12.8. The fourth-order valence-corrected chi connectivity index (χ4v) is 3.07. The van der Waals surface area contributed by atoms with E-state index in [1.807, 2.05) is 36.4 Å². The van der Waals surface area contributed by atoms with Gasteiger partial charge in [-0.1, -0.05) is 60.7 Å². The second-order valence-electron chi connectivity index (χ2n) is 6.15. The van der Waals surface area contributed by atoms with Crippen molar-refractivity contribution in [3.05, 3.63) is 95.6 Å². The molecule has 0 aliphatic heterocycles. The number of methoxy groups -OCH3 is 2. The first-order valence-electron chi connectivity index (χ1n) is 8.83. The van der Waals surface area contributed by atoms with Crippen LogP contribution in [0.1, 0.15) is 27.4 Å². The van der Waals surface area contributed by atoms with Crippen LogP contribution in [0.15, 0.2) is 78.9 Å². The third-order valence-corrected chi connectivity index (χ3v) is 4.52. The molecule has 0 saturated carbocycles. The van der Waals surface area contributed by atoms with E-state index in [4.69, 9.17) is 9.47 Å². The quantitative estimate of drug-likeness (QED) is 0.684. The Morgan fingerprint density at radius 1 is 0.852 bits per heavy atom. The van der Waals surface area contributed by atoms with E-state index in [-0.39, 0.29) is 11.8 Å². The van der Waals surface area contributed by atoms with E-state index in [1.54, 1.807) is 32.4 Å². The molecule has 0 saturated heterocycles. The number of rotatable bonds is 7. The summed E-state index contributed by atoms with van der Waals surface area (Å²) in [5, 5.41) is 3.05. The minimum Gasteiger partial charge on any atom is -0.497 e. The summed E-state index contributed by atoms with van der Waals surface area (Å²) < 4.78 is 10.5. The molecular weight excluding hydrogens is 338 g/mol. The average molecular weight is 361 g/mol. The zero-order chi connectivity index (χ0) is 19.1. The molecule has 0 bridgehead atoms. The van der Waals surface area contributed by atoms with Gasteiger partial charge in [-0.3, -0.25) is 4.79 Å². The van der Waals surface area contributed by atoms with Crippen molar-refractivity contribution in [2.24, 2.45) is 0 Å². The first kappa shape index (κ1) is 18.5. The Bertz CT molecular complexity index is 839. The highest BCUT2D eigenvalue weighted by atomic mass is 16.5. The Kier molecular flexibility index (Phi) is 6.10. The lowest BCUT2D eigenvalue weighted by Crippen LogP contribution is -2.29. The average Bonchev–Trinajstić information content (AvgIpc) is 2.74. The van der Waals surface area contributed by atoms with Crippen molar-refractivity contribution >= 4 is 5.91 Å². The number of amides is 1. The molecule has 138 valence electrons. The van der Waals surface area contributed by atoms with Crippen LogP contribution >= 0.6 is 0 Å². The van der Waals surface area contributed by atoms with Crippen LogP contribution < -0.4 is 14.8 Å². The van der Waals surface area contributed by atoms with Crippen LogP contribution in [0, 0.1) is 0 Å². The van der Waals surface area contributed by atoms with Gasteiger partial charge in [0.15, 0.2) is 0 Å². The highest BCUT2D eigenvalue weighted by molar-refractivity contribution is 5.97. The van der Waals surface area contributed by atoms with Crippen molar-refractivity contribution in [1.29, 1.82) is 0 Å². The van der Waals surface area contributed by atoms with E-state index >= 15 is 0 Å². The Morgan fingerprint density at radius 2 is 1.44 bits per heavy atom. The second kappa shape index (κ2) is 8.90. The number of carbonyl (C=O) groups excluding carboxylic acids is 1. The van der Waals surface area contributed by atoms with Crippen molar-refractivity contribution in [2.75, 3.05) is 20.8 Å². The molecule has 4 nitrogen and oxygen atoms in total. The number of hydrogen-bond donors (Lipinski definition) is 1. The van der Waals surface area contributed by atoms with Gasteiger partial charge in [-0.15, -0.1) is 0 Å². The van der Waals surface area contributed by atoms with Crippen molar-refractivity contribution in [3.8, 4) is 11.5 Å². The molecule has 0 fully saturated rings. The largest absolute Gasteiger partial charge is 0.497 e. The molecule has 0 unspecified atom stereocenters. The Morgan fingerprint density at radius 3 is 1.96 bits per heavy atom. The molecule has 1 amide bonds. The van der Waals surface area contributed by atoms with Gasteiger partial charge in [-0.05, 0) is 23.3 Å². The van der Waals surface area contributed by atoms with Crippen LogP contribution in [0.25, 0.3) is 0 Å². The van der Waals surface area contributed by atoms with Gasteiger partial charge >= 0.3 is 0 Å². The fourth-order valence-electron chi connectivity index (χ4n) is 3.07. The second-order valence-corrected chi connectivity index (χ2v) is 6.15. The Balaban J connectivity index is 1.81. The summed E-state index contributed by atoms with van der Waals surface area (Å²) in [7, 11) is 3.13. The van der Waals surface area contributed by atoms with Crippen molar-refractivity contribution in [1.82, 2.24) is 5.32 Å². The predicted octanol–water partition coefficient (Wildman–Crippen LogP) is 4.27. The summed E-state index contributed by atoms with van der Waals surface area (Å²) >= 11 is 0. The van der Waals surface area contributed by atoms with Crippen LogP contribution in [0.5, 0.6) is 11.5 Å². The first-order chi connectivity index (χ1) is 13.2. The van der Waals surface area contributed by atoms with Gasteiger partial charge in [-0.25, -0.2) is 0 Å². The van der Waals surface area contributed by atoms with E-state index < -0.39 is 0 Å². The molecule has 4 heteroatoms. The van der Waals surface area contributed by atoms with Crippen molar-refractivity contribution in [3.63, 3.8) is 0 Å².